The van der Waals surface area contributed by atoms with E-state index in [4.69, 9.17) is 9.15 Å². The van der Waals surface area contributed by atoms with Crippen molar-refractivity contribution in [2.24, 2.45) is 0 Å². The van der Waals surface area contributed by atoms with Gasteiger partial charge in [-0.05, 0) is 25.0 Å². The number of fused-ring (bicyclic) bond motifs is 1. The van der Waals surface area contributed by atoms with Crippen LogP contribution in [0.5, 0.6) is 0 Å². The van der Waals surface area contributed by atoms with Crippen LogP contribution in [0.25, 0.3) is 11.1 Å². The first-order valence-electron chi connectivity index (χ1n) is 7.62. The van der Waals surface area contributed by atoms with Crippen molar-refractivity contribution in [1.82, 2.24) is 10.3 Å². The van der Waals surface area contributed by atoms with Crippen LogP contribution in [0, 0.1) is 0 Å². The molecule has 1 N–H and O–H groups in total. The first-order valence-corrected chi connectivity index (χ1v) is 8.61. The molecular weight excluding hydrogens is 300 g/mol. The number of carbonyl (C=O) groups excluding carboxylic acids is 1. The van der Waals surface area contributed by atoms with Gasteiger partial charge in [0.2, 0.25) is 5.91 Å². The quantitative estimate of drug-likeness (QED) is 0.537. The van der Waals surface area contributed by atoms with Gasteiger partial charge in [0.05, 0.1) is 5.75 Å². The summed E-state index contributed by atoms with van der Waals surface area (Å²) >= 11 is 1.31. The maximum Gasteiger partial charge on any atom is 0.257 e. The summed E-state index contributed by atoms with van der Waals surface area (Å²) in [5.41, 5.74) is 1.56. The number of nitrogens with zero attached hydrogens (tertiary/aromatic N) is 1. The van der Waals surface area contributed by atoms with Crippen LogP contribution in [0.1, 0.15) is 26.2 Å². The summed E-state index contributed by atoms with van der Waals surface area (Å²) in [7, 11) is 0. The van der Waals surface area contributed by atoms with E-state index in [0.29, 0.717) is 24.1 Å². The fourth-order valence-electron chi connectivity index (χ4n) is 1.84. The second kappa shape index (κ2) is 9.48. The molecule has 1 aromatic heterocycles. The lowest BCUT2D eigenvalue weighted by molar-refractivity contribution is -0.118. The molecule has 5 nitrogen and oxygen atoms in total. The molecule has 1 aromatic carbocycles. The monoisotopic (exact) mass is 322 g/mol. The maximum atomic E-state index is 11.7. The van der Waals surface area contributed by atoms with Crippen LogP contribution in [0.4, 0.5) is 0 Å². The van der Waals surface area contributed by atoms with Crippen molar-refractivity contribution in [2.45, 2.75) is 31.4 Å². The van der Waals surface area contributed by atoms with Gasteiger partial charge in [-0.25, -0.2) is 4.98 Å². The average Bonchev–Trinajstić information content (AvgIpc) is 2.95. The van der Waals surface area contributed by atoms with Gasteiger partial charge in [-0.2, -0.15) is 0 Å². The van der Waals surface area contributed by atoms with Gasteiger partial charge in [0.25, 0.3) is 5.22 Å². The van der Waals surface area contributed by atoms with E-state index in [2.05, 4.69) is 17.2 Å². The topological polar surface area (TPSA) is 64.4 Å². The molecule has 6 heteroatoms. The number of nitrogens with one attached hydrogen (secondary N) is 1. The van der Waals surface area contributed by atoms with Crippen molar-refractivity contribution in [3.05, 3.63) is 24.3 Å². The third kappa shape index (κ3) is 5.69. The summed E-state index contributed by atoms with van der Waals surface area (Å²) < 4.78 is 11.0. The molecule has 0 saturated heterocycles. The predicted octanol–water partition coefficient (Wildman–Crippen LogP) is 3.24. The summed E-state index contributed by atoms with van der Waals surface area (Å²) in [5.74, 6) is 0.296. The molecule has 2 rings (SSSR count). The van der Waals surface area contributed by atoms with E-state index in [1.54, 1.807) is 0 Å². The van der Waals surface area contributed by atoms with E-state index in [9.17, 15) is 4.79 Å². The molecular formula is C16H22N2O3S. The smallest absolute Gasteiger partial charge is 0.257 e. The first-order chi connectivity index (χ1) is 10.8. The minimum absolute atomic E-state index is 0.0131. The molecule has 0 aliphatic heterocycles. The van der Waals surface area contributed by atoms with Crippen LogP contribution in [0.2, 0.25) is 0 Å². The molecule has 1 heterocycles. The molecule has 120 valence electrons. The number of ether oxygens (including phenoxy) is 1. The van der Waals surface area contributed by atoms with E-state index in [1.807, 2.05) is 24.3 Å². The molecule has 0 fully saturated rings. The van der Waals surface area contributed by atoms with Crippen molar-refractivity contribution in [3.8, 4) is 0 Å². The average molecular weight is 322 g/mol. The lowest BCUT2D eigenvalue weighted by Crippen LogP contribution is -2.26. The standard InChI is InChI=1S/C16H22N2O3S/c1-2-3-10-20-11-6-9-17-15(19)12-22-16-18-13-7-4-5-8-14(13)21-16/h4-5,7-8H,2-3,6,9-12H2,1H3,(H,17,19). The lowest BCUT2D eigenvalue weighted by Gasteiger charge is -2.05. The number of carbonyl (C=O) groups is 1. The highest BCUT2D eigenvalue weighted by Crippen LogP contribution is 2.22. The summed E-state index contributed by atoms with van der Waals surface area (Å²) in [4.78, 5) is 16.0. The van der Waals surface area contributed by atoms with Gasteiger partial charge in [-0.15, -0.1) is 0 Å². The van der Waals surface area contributed by atoms with Gasteiger partial charge in [-0.1, -0.05) is 37.2 Å². The Morgan fingerprint density at radius 2 is 2.14 bits per heavy atom. The van der Waals surface area contributed by atoms with E-state index in [0.717, 1.165) is 37.0 Å². The van der Waals surface area contributed by atoms with Crippen LogP contribution < -0.4 is 5.32 Å². The van der Waals surface area contributed by atoms with Crippen LogP contribution in [0.3, 0.4) is 0 Å². The molecule has 0 aliphatic carbocycles. The third-order valence-electron chi connectivity index (χ3n) is 3.03. The molecule has 0 unspecified atom stereocenters. The molecule has 0 saturated carbocycles. The van der Waals surface area contributed by atoms with Crippen molar-refractivity contribution in [2.75, 3.05) is 25.5 Å². The zero-order valence-electron chi connectivity index (χ0n) is 12.8. The highest BCUT2D eigenvalue weighted by atomic mass is 32.2. The van der Waals surface area contributed by atoms with Gasteiger partial charge in [0, 0.05) is 19.8 Å². The van der Waals surface area contributed by atoms with Crippen LogP contribution in [-0.4, -0.2) is 36.4 Å². The Morgan fingerprint density at radius 3 is 2.95 bits per heavy atom. The Labute approximate surface area is 134 Å². The molecule has 2 aromatic rings. The normalized spacial score (nSPS) is 11.0. The minimum Gasteiger partial charge on any atom is -0.431 e. The molecule has 22 heavy (non-hydrogen) atoms. The summed E-state index contributed by atoms with van der Waals surface area (Å²) in [6.07, 6.45) is 3.07. The zero-order valence-corrected chi connectivity index (χ0v) is 13.7. The molecule has 0 radical (unpaired) electrons. The molecule has 1 amide bonds. The largest absolute Gasteiger partial charge is 0.431 e. The van der Waals surface area contributed by atoms with Gasteiger partial charge in [0.1, 0.15) is 5.52 Å². The summed E-state index contributed by atoms with van der Waals surface area (Å²) in [6, 6.07) is 7.57. The van der Waals surface area contributed by atoms with Gasteiger partial charge < -0.3 is 14.5 Å². The Balaban J connectivity index is 1.59. The number of hydrogen-bond acceptors (Lipinski definition) is 5. The van der Waals surface area contributed by atoms with Gasteiger partial charge in [-0.3, -0.25) is 4.79 Å². The number of rotatable bonds is 10. The Morgan fingerprint density at radius 1 is 1.32 bits per heavy atom. The van der Waals surface area contributed by atoms with E-state index < -0.39 is 0 Å². The van der Waals surface area contributed by atoms with Crippen LogP contribution in [0.15, 0.2) is 33.9 Å². The maximum absolute atomic E-state index is 11.7. The second-order valence-electron chi connectivity index (χ2n) is 4.91. The van der Waals surface area contributed by atoms with Gasteiger partial charge in [0.15, 0.2) is 5.58 Å². The minimum atomic E-state index is -0.0131. The van der Waals surface area contributed by atoms with E-state index in [-0.39, 0.29) is 5.91 Å². The summed E-state index contributed by atoms with van der Waals surface area (Å²) in [5, 5.41) is 3.40. The van der Waals surface area contributed by atoms with Crippen LogP contribution in [-0.2, 0) is 9.53 Å². The molecule has 0 atom stereocenters. The Hall–Kier alpha value is -1.53. The molecule has 0 aliphatic rings. The first kappa shape index (κ1) is 16.8. The highest BCUT2D eigenvalue weighted by molar-refractivity contribution is 7.99. The number of oxazole rings is 1. The zero-order chi connectivity index (χ0) is 15.6. The number of hydrogen-bond donors (Lipinski definition) is 1. The third-order valence-corrected chi connectivity index (χ3v) is 3.86. The SMILES string of the molecule is CCCCOCCCNC(=O)CSc1nc2ccccc2o1. The van der Waals surface area contributed by atoms with Crippen molar-refractivity contribution in [3.63, 3.8) is 0 Å². The number of amides is 1. The summed E-state index contributed by atoms with van der Waals surface area (Å²) in [6.45, 7) is 4.27. The van der Waals surface area contributed by atoms with Crippen molar-refractivity contribution >= 4 is 28.8 Å². The number of unbranched alkanes of at least 4 members (excludes halogenated alkanes) is 1. The van der Waals surface area contributed by atoms with E-state index >= 15 is 0 Å². The Kier molecular flexibility index (Phi) is 7.25. The number of para-hydroxylation sites is 2. The molecule has 0 spiro atoms. The predicted molar refractivity (Wildman–Crippen MR) is 88.1 cm³/mol. The fourth-order valence-corrected chi connectivity index (χ4v) is 2.51. The van der Waals surface area contributed by atoms with E-state index in [1.165, 1.54) is 11.8 Å². The number of aromatic nitrogens is 1. The highest BCUT2D eigenvalue weighted by Gasteiger charge is 2.08. The number of benzene rings is 1. The Bertz CT molecular complexity index is 553. The second-order valence-corrected chi connectivity index (χ2v) is 5.83. The fraction of sp³-hybridized carbons (Fsp3) is 0.500. The van der Waals surface area contributed by atoms with Crippen molar-refractivity contribution in [1.29, 1.82) is 0 Å². The molecule has 0 bridgehead atoms. The number of thioether (sulfide) groups is 1. The van der Waals surface area contributed by atoms with Gasteiger partial charge >= 0.3 is 0 Å². The van der Waals surface area contributed by atoms with Crippen LogP contribution >= 0.6 is 11.8 Å². The lowest BCUT2D eigenvalue weighted by atomic mass is 10.3. The van der Waals surface area contributed by atoms with Crippen molar-refractivity contribution < 1.29 is 13.9 Å².